The summed E-state index contributed by atoms with van der Waals surface area (Å²) in [6, 6.07) is 0. The molecule has 1 amide bonds. The van der Waals surface area contributed by atoms with Gasteiger partial charge in [-0.25, -0.2) is 14.4 Å². The number of hydrogen-bond acceptors (Lipinski definition) is 7. The standard InChI is InChI=1S/C8H15NO2.2C5H8O2.C3H4O2/c1-4-8(10)9-6-11-5-7(2)3;1-4(2)5(6)7-3;1-3-5(6)7-4-2;1-2-3(4)5/h4,7H,1,5-6H2,2-3H3,(H,9,10);1H2,2-3H3;3H,1,4H2,2H3;2H,1H2,(H,4,5). The van der Waals surface area contributed by atoms with E-state index in [-0.39, 0.29) is 24.6 Å². The highest BCUT2D eigenvalue weighted by Crippen LogP contribution is 1.90. The minimum absolute atomic E-state index is 0.200. The molecule has 0 rings (SSSR count). The van der Waals surface area contributed by atoms with Crippen LogP contribution >= 0.6 is 0 Å². The number of hydrogen-bond donors (Lipinski definition) is 2. The van der Waals surface area contributed by atoms with Crippen molar-refractivity contribution in [3.8, 4) is 0 Å². The number of carboxylic acids is 1. The number of carbonyl (C=O) groups is 4. The highest BCUT2D eigenvalue weighted by atomic mass is 16.5. The molecule has 0 aromatic carbocycles. The van der Waals surface area contributed by atoms with Gasteiger partial charge in [-0.05, 0) is 25.8 Å². The van der Waals surface area contributed by atoms with Crippen molar-refractivity contribution in [2.45, 2.75) is 27.7 Å². The first-order valence-corrected chi connectivity index (χ1v) is 8.79. The molecular formula is C21H35NO8. The number of methoxy groups -OCH3 is 1. The largest absolute Gasteiger partial charge is 0.478 e. The molecule has 0 aromatic rings. The molecule has 0 heterocycles. The number of carbonyl (C=O) groups excluding carboxylic acids is 3. The summed E-state index contributed by atoms with van der Waals surface area (Å²) in [6.45, 7) is 21.6. The quantitative estimate of drug-likeness (QED) is 0.248. The summed E-state index contributed by atoms with van der Waals surface area (Å²) in [5.41, 5.74) is 0.433. The van der Waals surface area contributed by atoms with E-state index in [0.29, 0.717) is 24.7 Å². The van der Waals surface area contributed by atoms with Gasteiger partial charge in [0.1, 0.15) is 6.73 Å². The van der Waals surface area contributed by atoms with Gasteiger partial charge < -0.3 is 24.6 Å². The number of esters is 2. The van der Waals surface area contributed by atoms with E-state index < -0.39 is 5.97 Å². The lowest BCUT2D eigenvalue weighted by Gasteiger charge is -2.06. The Bertz CT molecular complexity index is 551. The molecule has 2 N–H and O–H groups in total. The molecule has 30 heavy (non-hydrogen) atoms. The van der Waals surface area contributed by atoms with E-state index >= 15 is 0 Å². The Hall–Kier alpha value is -3.20. The molecule has 0 bridgehead atoms. The van der Waals surface area contributed by atoms with Crippen LogP contribution in [0.4, 0.5) is 0 Å². The normalized spacial score (nSPS) is 8.20. The average Bonchev–Trinajstić information content (AvgIpc) is 2.71. The summed E-state index contributed by atoms with van der Waals surface area (Å²) < 4.78 is 13.8. The Kier molecular flexibility index (Phi) is 29.5. The molecule has 0 unspecified atom stereocenters. The zero-order valence-electron chi connectivity index (χ0n) is 18.6. The van der Waals surface area contributed by atoms with Gasteiger partial charge in [0.25, 0.3) is 0 Å². The Labute approximate surface area is 179 Å². The number of carboxylic acid groups (broad SMARTS) is 1. The second kappa shape index (κ2) is 25.8. The Morgan fingerprint density at radius 1 is 1.07 bits per heavy atom. The van der Waals surface area contributed by atoms with Crippen molar-refractivity contribution in [1.82, 2.24) is 5.32 Å². The van der Waals surface area contributed by atoms with Gasteiger partial charge in [-0.1, -0.05) is 40.2 Å². The van der Waals surface area contributed by atoms with Crippen LogP contribution in [0, 0.1) is 5.92 Å². The van der Waals surface area contributed by atoms with Gasteiger partial charge in [-0.2, -0.15) is 0 Å². The van der Waals surface area contributed by atoms with Crippen LogP contribution < -0.4 is 5.32 Å². The molecular weight excluding hydrogens is 394 g/mol. The minimum atomic E-state index is -0.981. The second-order valence-corrected chi connectivity index (χ2v) is 5.42. The first-order chi connectivity index (χ1) is 13.9. The van der Waals surface area contributed by atoms with Crippen LogP contribution in [0.3, 0.4) is 0 Å². The van der Waals surface area contributed by atoms with Gasteiger partial charge in [-0.3, -0.25) is 4.79 Å². The number of amides is 1. The van der Waals surface area contributed by atoms with Crippen LogP contribution in [-0.2, 0) is 33.4 Å². The number of aliphatic carboxylic acids is 1. The van der Waals surface area contributed by atoms with Gasteiger partial charge in [0.05, 0.1) is 20.3 Å². The maximum absolute atomic E-state index is 10.5. The second-order valence-electron chi connectivity index (χ2n) is 5.42. The van der Waals surface area contributed by atoms with Gasteiger partial charge in [0, 0.05) is 17.7 Å². The maximum atomic E-state index is 10.5. The summed E-state index contributed by atoms with van der Waals surface area (Å²) in [4.78, 5) is 40.1. The molecule has 0 saturated carbocycles. The number of nitrogens with one attached hydrogen (secondary N) is 1. The minimum Gasteiger partial charge on any atom is -0.478 e. The fourth-order valence-corrected chi connectivity index (χ4v) is 0.864. The summed E-state index contributed by atoms with van der Waals surface area (Å²) in [6.07, 6.45) is 3.20. The third-order valence-electron chi connectivity index (χ3n) is 2.15. The fraction of sp³-hybridized carbons (Fsp3) is 0.429. The fourth-order valence-electron chi connectivity index (χ4n) is 0.864. The van der Waals surface area contributed by atoms with Crippen molar-refractivity contribution in [3.63, 3.8) is 0 Å². The van der Waals surface area contributed by atoms with Crippen molar-refractivity contribution in [1.29, 1.82) is 0 Å². The van der Waals surface area contributed by atoms with Crippen molar-refractivity contribution in [2.75, 3.05) is 27.1 Å². The highest BCUT2D eigenvalue weighted by Gasteiger charge is 1.95. The predicted octanol–water partition coefficient (Wildman–Crippen LogP) is 2.65. The molecule has 0 spiro atoms. The van der Waals surface area contributed by atoms with Crippen LogP contribution in [0.5, 0.6) is 0 Å². The molecule has 0 saturated heterocycles. The van der Waals surface area contributed by atoms with Crippen LogP contribution in [0.15, 0.2) is 50.1 Å². The van der Waals surface area contributed by atoms with Gasteiger partial charge >= 0.3 is 17.9 Å². The monoisotopic (exact) mass is 429 g/mol. The van der Waals surface area contributed by atoms with Crippen LogP contribution in [0.25, 0.3) is 0 Å². The van der Waals surface area contributed by atoms with Crippen molar-refractivity contribution >= 4 is 23.8 Å². The van der Waals surface area contributed by atoms with Crippen molar-refractivity contribution in [3.05, 3.63) is 50.1 Å². The Morgan fingerprint density at radius 3 is 1.77 bits per heavy atom. The first kappa shape index (κ1) is 34.3. The average molecular weight is 430 g/mol. The lowest BCUT2D eigenvalue weighted by atomic mass is 10.2. The lowest BCUT2D eigenvalue weighted by Crippen LogP contribution is -2.24. The Morgan fingerprint density at radius 2 is 1.57 bits per heavy atom. The summed E-state index contributed by atoms with van der Waals surface area (Å²) >= 11 is 0. The van der Waals surface area contributed by atoms with Crippen molar-refractivity contribution < 1.29 is 38.5 Å². The van der Waals surface area contributed by atoms with Gasteiger partial charge in [0.15, 0.2) is 0 Å². The van der Waals surface area contributed by atoms with Gasteiger partial charge in [-0.15, -0.1) is 0 Å². The number of ether oxygens (including phenoxy) is 3. The van der Waals surface area contributed by atoms with E-state index in [2.05, 4.69) is 55.0 Å². The van der Waals surface area contributed by atoms with E-state index in [4.69, 9.17) is 9.84 Å². The number of rotatable bonds is 9. The van der Waals surface area contributed by atoms with E-state index in [1.807, 2.05) is 0 Å². The molecule has 0 atom stereocenters. The molecule has 0 aliphatic carbocycles. The SMILES string of the molecule is C=C(C)C(=O)OC.C=CC(=O)NCOCC(C)C.C=CC(=O)O.C=CC(=O)OCC. The smallest absolute Gasteiger partial charge is 0.332 e. The molecule has 0 aliphatic rings. The zero-order chi connectivity index (χ0) is 24.5. The molecule has 0 fully saturated rings. The summed E-state index contributed by atoms with van der Waals surface area (Å²) in [5, 5.41) is 10.1. The van der Waals surface area contributed by atoms with Gasteiger partial charge in [0.2, 0.25) is 5.91 Å². The molecule has 9 heteroatoms. The highest BCUT2D eigenvalue weighted by molar-refractivity contribution is 5.87. The van der Waals surface area contributed by atoms with Crippen LogP contribution in [-0.4, -0.2) is 56.0 Å². The summed E-state index contributed by atoms with van der Waals surface area (Å²) in [7, 11) is 1.33. The Balaban J connectivity index is -0.000000157. The van der Waals surface area contributed by atoms with E-state index in [9.17, 15) is 19.2 Å². The molecule has 9 nitrogen and oxygen atoms in total. The third-order valence-corrected chi connectivity index (χ3v) is 2.15. The van der Waals surface area contributed by atoms with Crippen molar-refractivity contribution in [2.24, 2.45) is 5.92 Å². The first-order valence-electron chi connectivity index (χ1n) is 8.79. The van der Waals surface area contributed by atoms with Crippen LogP contribution in [0.1, 0.15) is 27.7 Å². The lowest BCUT2D eigenvalue weighted by molar-refractivity contribution is -0.137. The molecule has 0 radical (unpaired) electrons. The molecule has 0 aromatic heterocycles. The zero-order valence-corrected chi connectivity index (χ0v) is 18.6. The maximum Gasteiger partial charge on any atom is 0.332 e. The third kappa shape index (κ3) is 39.7. The van der Waals surface area contributed by atoms with E-state index in [1.165, 1.54) is 13.2 Å². The summed E-state index contributed by atoms with van der Waals surface area (Å²) in [5.74, 6) is -1.39. The van der Waals surface area contributed by atoms with Crippen LogP contribution in [0.2, 0.25) is 0 Å². The predicted molar refractivity (Wildman–Crippen MR) is 115 cm³/mol. The molecule has 0 aliphatic heterocycles. The van der Waals surface area contributed by atoms with E-state index in [1.54, 1.807) is 13.8 Å². The molecule has 172 valence electrons. The van der Waals surface area contributed by atoms with E-state index in [0.717, 1.165) is 12.2 Å². The topological polar surface area (TPSA) is 128 Å².